The Hall–Kier alpha value is -0.890. The molecule has 4 atom stereocenters. The molecule has 2 fully saturated rings. The number of hydrogen-bond donors (Lipinski definition) is 2. The first kappa shape index (κ1) is 20.4. The molecule has 2 saturated heterocycles. The Morgan fingerprint density at radius 3 is 2.80 bits per heavy atom. The predicted molar refractivity (Wildman–Crippen MR) is 113 cm³/mol. The van der Waals surface area contributed by atoms with E-state index in [1.54, 1.807) is 0 Å². The SMILES string of the molecule is CCNC(=NCC(c1cccnc1)C(C)C)NC1CC2CCC1O2.I. The van der Waals surface area contributed by atoms with Crippen LogP contribution in [-0.4, -0.2) is 42.3 Å². The molecule has 2 N–H and O–H groups in total. The highest BCUT2D eigenvalue weighted by Crippen LogP contribution is 2.34. The van der Waals surface area contributed by atoms with Gasteiger partial charge < -0.3 is 15.4 Å². The maximum absolute atomic E-state index is 5.94. The second-order valence-corrected chi connectivity index (χ2v) is 7.22. The number of rotatable bonds is 6. The standard InChI is InChI=1S/C19H30N4O.HI/c1-4-21-19(23-17-10-15-7-8-18(17)24-15)22-12-16(13(2)3)14-6-5-9-20-11-14;/h5-6,9,11,13,15-18H,4,7-8,10,12H2,1-3H3,(H2,21,22,23);1H. The molecule has 0 aromatic carbocycles. The molecule has 0 saturated carbocycles. The van der Waals surface area contributed by atoms with Gasteiger partial charge in [0.1, 0.15) is 0 Å². The second-order valence-electron chi connectivity index (χ2n) is 7.22. The Labute approximate surface area is 168 Å². The van der Waals surface area contributed by atoms with Crippen LogP contribution in [0.4, 0.5) is 0 Å². The van der Waals surface area contributed by atoms with Crippen molar-refractivity contribution in [2.45, 2.75) is 64.2 Å². The van der Waals surface area contributed by atoms with E-state index in [4.69, 9.17) is 9.73 Å². The molecule has 4 unspecified atom stereocenters. The summed E-state index contributed by atoms with van der Waals surface area (Å²) in [5.74, 6) is 1.81. The summed E-state index contributed by atoms with van der Waals surface area (Å²) in [6, 6.07) is 4.55. The van der Waals surface area contributed by atoms with E-state index in [0.29, 0.717) is 30.1 Å². The third-order valence-corrected chi connectivity index (χ3v) is 5.14. The predicted octanol–water partition coefficient (Wildman–Crippen LogP) is 3.31. The highest BCUT2D eigenvalue weighted by Gasteiger charge is 2.41. The zero-order valence-corrected chi connectivity index (χ0v) is 17.8. The Kier molecular flexibility index (Phi) is 7.93. The third kappa shape index (κ3) is 5.29. The molecule has 0 spiro atoms. The van der Waals surface area contributed by atoms with Crippen LogP contribution in [0.1, 0.15) is 51.5 Å². The van der Waals surface area contributed by atoms with Gasteiger partial charge >= 0.3 is 0 Å². The van der Waals surface area contributed by atoms with Gasteiger partial charge in [-0.3, -0.25) is 9.98 Å². The molecule has 0 aliphatic carbocycles. The highest BCUT2D eigenvalue weighted by molar-refractivity contribution is 14.0. The van der Waals surface area contributed by atoms with Gasteiger partial charge in [0.25, 0.3) is 0 Å². The lowest BCUT2D eigenvalue weighted by molar-refractivity contribution is 0.0992. The summed E-state index contributed by atoms with van der Waals surface area (Å²) in [6.45, 7) is 8.23. The summed E-state index contributed by atoms with van der Waals surface area (Å²) >= 11 is 0. The number of aliphatic imine (C=N–C) groups is 1. The second kappa shape index (κ2) is 9.71. The minimum absolute atomic E-state index is 0. The molecule has 3 heterocycles. The molecule has 2 aliphatic heterocycles. The van der Waals surface area contributed by atoms with Gasteiger partial charge in [-0.05, 0) is 43.7 Å². The normalized spacial score (nSPS) is 26.4. The van der Waals surface area contributed by atoms with Crippen LogP contribution in [0.2, 0.25) is 0 Å². The summed E-state index contributed by atoms with van der Waals surface area (Å²) in [6.07, 6.45) is 8.09. The first-order valence-electron chi connectivity index (χ1n) is 9.27. The van der Waals surface area contributed by atoms with Crippen LogP contribution in [0.5, 0.6) is 0 Å². The molecule has 3 rings (SSSR count). The number of nitrogens with one attached hydrogen (secondary N) is 2. The summed E-state index contributed by atoms with van der Waals surface area (Å²) in [4.78, 5) is 9.13. The molecule has 2 bridgehead atoms. The first-order valence-corrected chi connectivity index (χ1v) is 9.27. The lowest BCUT2D eigenvalue weighted by Gasteiger charge is -2.24. The molecular formula is C19H31IN4O. The van der Waals surface area contributed by atoms with Crippen LogP contribution in [-0.2, 0) is 4.74 Å². The van der Waals surface area contributed by atoms with Crippen LogP contribution in [0, 0.1) is 5.92 Å². The number of aromatic nitrogens is 1. The third-order valence-electron chi connectivity index (χ3n) is 5.14. The molecule has 0 amide bonds. The number of pyridine rings is 1. The van der Waals surface area contributed by atoms with Gasteiger partial charge in [-0.1, -0.05) is 19.9 Å². The van der Waals surface area contributed by atoms with Crippen molar-refractivity contribution in [1.82, 2.24) is 15.6 Å². The van der Waals surface area contributed by atoms with E-state index < -0.39 is 0 Å². The van der Waals surface area contributed by atoms with Crippen molar-refractivity contribution in [2.24, 2.45) is 10.9 Å². The minimum Gasteiger partial charge on any atom is -0.373 e. The topological polar surface area (TPSA) is 58.5 Å². The van der Waals surface area contributed by atoms with E-state index in [9.17, 15) is 0 Å². The van der Waals surface area contributed by atoms with Crippen LogP contribution in [0.3, 0.4) is 0 Å². The van der Waals surface area contributed by atoms with Crippen molar-refractivity contribution >= 4 is 29.9 Å². The van der Waals surface area contributed by atoms with Crippen LogP contribution in [0.15, 0.2) is 29.5 Å². The van der Waals surface area contributed by atoms with Crippen molar-refractivity contribution < 1.29 is 4.74 Å². The van der Waals surface area contributed by atoms with Gasteiger partial charge in [0.05, 0.1) is 18.2 Å². The number of nitrogens with zero attached hydrogens (tertiary/aromatic N) is 2. The number of halogens is 1. The van der Waals surface area contributed by atoms with Gasteiger partial charge in [0.15, 0.2) is 5.96 Å². The molecule has 0 radical (unpaired) electrons. The summed E-state index contributed by atoms with van der Waals surface area (Å²) < 4.78 is 5.94. The van der Waals surface area contributed by atoms with Crippen molar-refractivity contribution in [3.63, 3.8) is 0 Å². The van der Waals surface area contributed by atoms with E-state index in [0.717, 1.165) is 25.5 Å². The Morgan fingerprint density at radius 2 is 2.24 bits per heavy atom. The fourth-order valence-corrected chi connectivity index (χ4v) is 3.77. The summed E-state index contributed by atoms with van der Waals surface area (Å²) in [5, 5.41) is 6.97. The number of ether oxygens (including phenoxy) is 1. The maximum Gasteiger partial charge on any atom is 0.191 e. The smallest absolute Gasteiger partial charge is 0.191 e. The van der Waals surface area contributed by atoms with Crippen LogP contribution < -0.4 is 10.6 Å². The molecule has 140 valence electrons. The van der Waals surface area contributed by atoms with E-state index in [2.05, 4.69) is 42.5 Å². The van der Waals surface area contributed by atoms with Crippen molar-refractivity contribution in [1.29, 1.82) is 0 Å². The fraction of sp³-hybridized carbons (Fsp3) is 0.684. The van der Waals surface area contributed by atoms with Gasteiger partial charge in [0.2, 0.25) is 0 Å². The highest BCUT2D eigenvalue weighted by atomic mass is 127. The van der Waals surface area contributed by atoms with E-state index in [-0.39, 0.29) is 24.0 Å². The molecule has 25 heavy (non-hydrogen) atoms. The molecule has 1 aromatic heterocycles. The lowest BCUT2D eigenvalue weighted by Crippen LogP contribution is -2.47. The van der Waals surface area contributed by atoms with Gasteiger partial charge in [0, 0.05) is 31.4 Å². The largest absolute Gasteiger partial charge is 0.373 e. The lowest BCUT2D eigenvalue weighted by atomic mass is 9.89. The monoisotopic (exact) mass is 458 g/mol. The number of fused-ring (bicyclic) bond motifs is 2. The minimum atomic E-state index is 0. The summed E-state index contributed by atoms with van der Waals surface area (Å²) in [7, 11) is 0. The Morgan fingerprint density at radius 1 is 1.40 bits per heavy atom. The molecular weight excluding hydrogens is 427 g/mol. The quantitative estimate of drug-likeness (QED) is 0.390. The Balaban J connectivity index is 0.00000225. The first-order chi connectivity index (χ1) is 11.7. The number of guanidine groups is 1. The fourth-order valence-electron chi connectivity index (χ4n) is 3.77. The zero-order valence-electron chi connectivity index (χ0n) is 15.4. The van der Waals surface area contributed by atoms with E-state index in [1.807, 2.05) is 18.5 Å². The molecule has 6 heteroatoms. The average Bonchev–Trinajstić information content (AvgIpc) is 3.18. The van der Waals surface area contributed by atoms with E-state index in [1.165, 1.54) is 18.4 Å². The van der Waals surface area contributed by atoms with Crippen LogP contribution >= 0.6 is 24.0 Å². The van der Waals surface area contributed by atoms with Crippen LogP contribution in [0.25, 0.3) is 0 Å². The van der Waals surface area contributed by atoms with E-state index >= 15 is 0 Å². The Bertz CT molecular complexity index is 552. The van der Waals surface area contributed by atoms with Gasteiger partial charge in [-0.25, -0.2) is 0 Å². The van der Waals surface area contributed by atoms with Crippen molar-refractivity contribution in [3.05, 3.63) is 30.1 Å². The van der Waals surface area contributed by atoms with Gasteiger partial charge in [-0.15, -0.1) is 24.0 Å². The van der Waals surface area contributed by atoms with Gasteiger partial charge in [-0.2, -0.15) is 0 Å². The zero-order chi connectivity index (χ0) is 16.9. The molecule has 5 nitrogen and oxygen atoms in total. The van der Waals surface area contributed by atoms with Crippen molar-refractivity contribution in [2.75, 3.05) is 13.1 Å². The average molecular weight is 458 g/mol. The molecule has 1 aromatic rings. The maximum atomic E-state index is 5.94. The van der Waals surface area contributed by atoms with Crippen molar-refractivity contribution in [3.8, 4) is 0 Å². The summed E-state index contributed by atoms with van der Waals surface area (Å²) in [5.41, 5.74) is 1.26. The molecule has 2 aliphatic rings. The number of hydrogen-bond acceptors (Lipinski definition) is 3.